The molecule has 1 aromatic heterocycles. The molecule has 0 aliphatic carbocycles. The van der Waals surface area contributed by atoms with E-state index in [1.165, 1.54) is 36.4 Å². The number of nitrogens with one attached hydrogen (secondary N) is 1. The van der Waals surface area contributed by atoms with Gasteiger partial charge in [0.1, 0.15) is 0 Å². The van der Waals surface area contributed by atoms with Crippen LogP contribution in [-0.4, -0.2) is 26.9 Å². The minimum absolute atomic E-state index is 0.0541. The third-order valence-electron chi connectivity index (χ3n) is 4.30. The van der Waals surface area contributed by atoms with Gasteiger partial charge in [0.05, 0.1) is 17.1 Å². The number of carbonyl (C=O) groups excluding carboxylic acids is 2. The number of rotatable bonds is 8. The van der Waals surface area contributed by atoms with Crippen LogP contribution in [0.3, 0.4) is 0 Å². The van der Waals surface area contributed by atoms with Crippen molar-refractivity contribution in [1.82, 2.24) is 0 Å². The van der Waals surface area contributed by atoms with E-state index < -0.39 is 21.7 Å². The third kappa shape index (κ3) is 5.62. The zero-order valence-corrected chi connectivity index (χ0v) is 19.0. The van der Waals surface area contributed by atoms with E-state index in [-0.39, 0.29) is 15.7 Å². The van der Waals surface area contributed by atoms with Crippen LogP contribution >= 0.6 is 15.9 Å². The molecule has 162 valence electrons. The fourth-order valence-corrected chi connectivity index (χ4v) is 4.03. The van der Waals surface area contributed by atoms with Crippen molar-refractivity contribution >= 4 is 43.3 Å². The van der Waals surface area contributed by atoms with Gasteiger partial charge < -0.3 is 14.5 Å². The predicted molar refractivity (Wildman–Crippen MR) is 118 cm³/mol. The molecule has 1 N–H and O–H groups in total. The van der Waals surface area contributed by atoms with Crippen molar-refractivity contribution in [3.63, 3.8) is 0 Å². The summed E-state index contributed by atoms with van der Waals surface area (Å²) >= 11 is 3.25. The van der Waals surface area contributed by atoms with E-state index in [2.05, 4.69) is 21.2 Å². The Kier molecular flexibility index (Phi) is 7.29. The van der Waals surface area contributed by atoms with Gasteiger partial charge in [0, 0.05) is 10.2 Å². The first-order valence-electron chi connectivity index (χ1n) is 9.50. The second-order valence-electron chi connectivity index (χ2n) is 6.60. The second kappa shape index (κ2) is 9.93. The Morgan fingerprint density at radius 2 is 1.68 bits per heavy atom. The van der Waals surface area contributed by atoms with Crippen LogP contribution in [0.25, 0.3) is 0 Å². The summed E-state index contributed by atoms with van der Waals surface area (Å²) in [6, 6.07) is 14.8. The largest absolute Gasteiger partial charge is 0.462 e. The quantitative estimate of drug-likeness (QED) is 0.338. The molecule has 9 heteroatoms. The number of amides is 1. The molecular formula is C22H20BrNO6S. The number of sulfone groups is 1. The Balaban J connectivity index is 1.67. The highest BCUT2D eigenvalue weighted by atomic mass is 79.9. The van der Waals surface area contributed by atoms with E-state index >= 15 is 0 Å². The van der Waals surface area contributed by atoms with E-state index in [0.717, 1.165) is 17.3 Å². The van der Waals surface area contributed by atoms with Gasteiger partial charge in [-0.15, -0.1) is 0 Å². The molecule has 2 aromatic carbocycles. The minimum atomic E-state index is -3.89. The van der Waals surface area contributed by atoms with E-state index in [1.54, 1.807) is 24.3 Å². The summed E-state index contributed by atoms with van der Waals surface area (Å²) in [5.74, 6) is -1.20. The van der Waals surface area contributed by atoms with Gasteiger partial charge in [-0.2, -0.15) is 0 Å². The molecule has 0 fully saturated rings. The first-order valence-corrected chi connectivity index (χ1v) is 11.8. The number of halogens is 1. The highest BCUT2D eigenvalue weighted by molar-refractivity contribution is 9.10. The average Bonchev–Trinajstić information content (AvgIpc) is 3.26. The molecule has 0 spiro atoms. The molecular weight excluding hydrogens is 486 g/mol. The standard InChI is InChI=1S/C22H20BrNO6S/c1-2-3-14-29-22(26)15-4-8-17(9-5-15)24-21(25)19-12-13-20(30-19)31(27,28)18-10-6-16(23)7-11-18/h4-13H,2-3,14H2,1H3,(H,24,25). The molecule has 3 aromatic rings. The van der Waals surface area contributed by atoms with Crippen molar-refractivity contribution in [3.8, 4) is 0 Å². The lowest BCUT2D eigenvalue weighted by Crippen LogP contribution is -2.11. The van der Waals surface area contributed by atoms with Crippen molar-refractivity contribution in [1.29, 1.82) is 0 Å². The summed E-state index contributed by atoms with van der Waals surface area (Å²) in [7, 11) is -3.89. The van der Waals surface area contributed by atoms with Crippen LogP contribution in [0.1, 0.15) is 40.7 Å². The van der Waals surface area contributed by atoms with E-state index in [9.17, 15) is 18.0 Å². The van der Waals surface area contributed by atoms with Crippen molar-refractivity contribution < 1.29 is 27.2 Å². The molecule has 1 heterocycles. The summed E-state index contributed by atoms with van der Waals surface area (Å²) < 4.78 is 36.5. The predicted octanol–water partition coefficient (Wildman–Crippen LogP) is 5.08. The first kappa shape index (κ1) is 22.8. The maximum absolute atomic E-state index is 12.7. The number of anilines is 1. The lowest BCUT2D eigenvalue weighted by molar-refractivity contribution is 0.0499. The number of carbonyl (C=O) groups is 2. The van der Waals surface area contributed by atoms with Crippen LogP contribution < -0.4 is 5.32 Å². The average molecular weight is 506 g/mol. The Bertz CT molecular complexity index is 1170. The smallest absolute Gasteiger partial charge is 0.338 e. The van der Waals surface area contributed by atoms with Gasteiger partial charge in [0.15, 0.2) is 5.76 Å². The monoisotopic (exact) mass is 505 g/mol. The van der Waals surface area contributed by atoms with Crippen LogP contribution in [0.15, 0.2) is 79.5 Å². The maximum atomic E-state index is 12.7. The topological polar surface area (TPSA) is 103 Å². The SMILES string of the molecule is CCCCOC(=O)c1ccc(NC(=O)c2ccc(S(=O)(=O)c3ccc(Br)cc3)o2)cc1. The molecule has 0 radical (unpaired) electrons. The van der Waals surface area contributed by atoms with Gasteiger partial charge in [-0.25, -0.2) is 13.2 Å². The highest BCUT2D eigenvalue weighted by Crippen LogP contribution is 2.25. The lowest BCUT2D eigenvalue weighted by atomic mass is 10.2. The van der Waals surface area contributed by atoms with Crippen LogP contribution in [0.2, 0.25) is 0 Å². The summed E-state index contributed by atoms with van der Waals surface area (Å²) in [4.78, 5) is 24.4. The summed E-state index contributed by atoms with van der Waals surface area (Å²) in [6.07, 6.45) is 1.72. The number of ether oxygens (including phenoxy) is 1. The molecule has 0 atom stereocenters. The number of furan rings is 1. The van der Waals surface area contributed by atoms with Crippen LogP contribution in [0.5, 0.6) is 0 Å². The van der Waals surface area contributed by atoms with Gasteiger partial charge in [0.25, 0.3) is 5.91 Å². The van der Waals surface area contributed by atoms with E-state index in [4.69, 9.17) is 9.15 Å². The molecule has 1 amide bonds. The van der Waals surface area contributed by atoms with Gasteiger partial charge >= 0.3 is 5.97 Å². The molecule has 0 saturated heterocycles. The van der Waals surface area contributed by atoms with Crippen molar-refractivity contribution in [2.75, 3.05) is 11.9 Å². The third-order valence-corrected chi connectivity index (χ3v) is 6.47. The molecule has 0 unspecified atom stereocenters. The Labute approximate surface area is 188 Å². The molecule has 3 rings (SSSR count). The van der Waals surface area contributed by atoms with E-state index in [1.807, 2.05) is 6.92 Å². The summed E-state index contributed by atoms with van der Waals surface area (Å²) in [5, 5.41) is 2.27. The number of hydrogen-bond donors (Lipinski definition) is 1. The normalized spacial score (nSPS) is 11.2. The van der Waals surface area contributed by atoms with Crippen LogP contribution in [0, 0.1) is 0 Å². The fraction of sp³-hybridized carbons (Fsp3) is 0.182. The minimum Gasteiger partial charge on any atom is -0.462 e. The Morgan fingerprint density at radius 3 is 2.32 bits per heavy atom. The molecule has 0 aliphatic heterocycles. The highest BCUT2D eigenvalue weighted by Gasteiger charge is 2.23. The fourth-order valence-electron chi connectivity index (χ4n) is 2.59. The van der Waals surface area contributed by atoms with Crippen LogP contribution in [0.4, 0.5) is 5.69 Å². The number of esters is 1. The number of benzene rings is 2. The number of unbranched alkanes of at least 4 members (excludes halogenated alkanes) is 1. The van der Waals surface area contributed by atoms with Gasteiger partial charge in [-0.05, 0) is 67.1 Å². The second-order valence-corrected chi connectivity index (χ2v) is 9.39. The summed E-state index contributed by atoms with van der Waals surface area (Å²) in [6.45, 7) is 2.36. The Morgan fingerprint density at radius 1 is 1.00 bits per heavy atom. The maximum Gasteiger partial charge on any atom is 0.338 e. The number of hydrogen-bond acceptors (Lipinski definition) is 6. The Hall–Kier alpha value is -2.91. The zero-order chi connectivity index (χ0) is 22.4. The zero-order valence-electron chi connectivity index (χ0n) is 16.6. The molecule has 0 bridgehead atoms. The summed E-state index contributed by atoms with van der Waals surface area (Å²) in [5.41, 5.74) is 0.791. The molecule has 7 nitrogen and oxygen atoms in total. The van der Waals surface area contributed by atoms with Crippen molar-refractivity contribution in [2.24, 2.45) is 0 Å². The first-order chi connectivity index (χ1) is 14.8. The van der Waals surface area contributed by atoms with Gasteiger partial charge in [0.2, 0.25) is 14.9 Å². The molecule has 31 heavy (non-hydrogen) atoms. The van der Waals surface area contributed by atoms with Crippen molar-refractivity contribution in [2.45, 2.75) is 29.8 Å². The van der Waals surface area contributed by atoms with Gasteiger partial charge in [-0.3, -0.25) is 4.79 Å². The van der Waals surface area contributed by atoms with E-state index in [0.29, 0.717) is 17.9 Å². The van der Waals surface area contributed by atoms with Crippen LogP contribution in [-0.2, 0) is 14.6 Å². The molecule has 0 saturated carbocycles. The van der Waals surface area contributed by atoms with Crippen molar-refractivity contribution in [3.05, 3.63) is 76.5 Å². The lowest BCUT2D eigenvalue weighted by Gasteiger charge is -2.06. The van der Waals surface area contributed by atoms with Gasteiger partial charge in [-0.1, -0.05) is 29.3 Å². The molecule has 0 aliphatic rings.